The maximum absolute atomic E-state index is 12.0. The zero-order valence-corrected chi connectivity index (χ0v) is 24.1. The Balaban J connectivity index is 2.54. The number of aliphatic hydroxyl groups is 1. The second-order valence-electron chi connectivity index (χ2n) is 7.27. The van der Waals surface area contributed by atoms with E-state index in [-0.39, 0.29) is 37.0 Å². The molecule has 2 heterocycles. The molecule has 2 fully saturated rings. The zero-order chi connectivity index (χ0) is 32.2. The van der Waals surface area contributed by atoms with Crippen molar-refractivity contribution in [3.63, 3.8) is 0 Å². The topological polar surface area (TPSA) is 356 Å². The Labute approximate surface area is 251 Å². The fraction of sp³-hybridized carbons (Fsp3) is 0.917. The van der Waals surface area contributed by atoms with Crippen LogP contribution in [0.25, 0.3) is 0 Å². The van der Waals surface area contributed by atoms with Crippen LogP contribution >= 0.6 is 37.0 Å². The van der Waals surface area contributed by atoms with Gasteiger partial charge in [-0.25, -0.2) is 28.9 Å². The Hall–Kier alpha value is -0.380. The van der Waals surface area contributed by atoms with Gasteiger partial charge in [-0.15, -0.1) is 13.0 Å². The summed E-state index contributed by atoms with van der Waals surface area (Å²) in [5.41, 5.74) is 0. The average Bonchev–Trinajstić information content (AvgIpc) is 3.22. The molecule has 0 spiro atoms. The van der Waals surface area contributed by atoms with E-state index in [2.05, 4.69) is 36.5 Å². The lowest BCUT2D eigenvalue weighted by Gasteiger charge is -2.43. The first-order valence-electron chi connectivity index (χ1n) is 10.2. The number of carboxylic acids is 1. The molecule has 2 aliphatic rings. The lowest BCUT2D eigenvalue weighted by atomic mass is 9.98. The van der Waals surface area contributed by atoms with Gasteiger partial charge in [0.25, 0.3) is 0 Å². The van der Waals surface area contributed by atoms with Crippen molar-refractivity contribution in [2.75, 3.05) is 13.2 Å². The van der Waals surface area contributed by atoms with Crippen molar-refractivity contribution in [1.29, 1.82) is 0 Å². The molecule has 2 aliphatic heterocycles. The Morgan fingerprint density at radius 2 is 1.26 bits per heavy atom. The Bertz CT molecular complexity index is 1040. The molecule has 9 unspecified atom stereocenters. The number of aliphatic carboxylic acids is 1. The number of rotatable bonds is 21. The molecule has 0 aliphatic carbocycles. The Morgan fingerprint density at radius 1 is 0.721 bits per heavy atom. The van der Waals surface area contributed by atoms with E-state index in [1.807, 2.05) is 0 Å². The molecule has 31 heteroatoms. The Morgan fingerprint density at radius 3 is 1.77 bits per heavy atom. The molecular formula is C12H20O26S5. The number of carbonyl (C=O) groups is 1. The Kier molecular flexibility index (Phi) is 16.9. The van der Waals surface area contributed by atoms with Gasteiger partial charge in [-0.3, -0.25) is 21.7 Å². The highest BCUT2D eigenvalue weighted by Crippen LogP contribution is 2.37. The third-order valence-electron chi connectivity index (χ3n) is 4.84. The van der Waals surface area contributed by atoms with Gasteiger partial charge in [0.1, 0.15) is 36.6 Å². The van der Waals surface area contributed by atoms with E-state index in [4.69, 9.17) is 42.5 Å². The van der Waals surface area contributed by atoms with Crippen LogP contribution in [0.1, 0.15) is 0 Å². The molecule has 9 atom stereocenters. The van der Waals surface area contributed by atoms with Crippen molar-refractivity contribution < 1.29 is 120 Å². The van der Waals surface area contributed by atoms with E-state index in [0.717, 1.165) is 0 Å². The maximum atomic E-state index is 12.0. The first kappa shape index (κ1) is 38.8. The lowest BCUT2D eigenvalue weighted by molar-refractivity contribution is -0.436. The summed E-state index contributed by atoms with van der Waals surface area (Å²) in [6, 6.07) is 0. The largest absolute Gasteiger partial charge is 0.479 e. The summed E-state index contributed by atoms with van der Waals surface area (Å²) >= 11 is -0.548. The molecule has 0 saturated carbocycles. The minimum atomic E-state index is -5.53. The number of hydrogen-bond acceptors (Lipinski definition) is 26. The first-order valence-corrected chi connectivity index (χ1v) is 15.0. The second kappa shape index (κ2) is 18.7. The molecule has 0 bridgehead atoms. The fourth-order valence-electron chi connectivity index (χ4n) is 3.51. The highest BCUT2D eigenvalue weighted by molar-refractivity contribution is 7.90. The van der Waals surface area contributed by atoms with Crippen molar-refractivity contribution in [3.05, 3.63) is 0 Å². The molecule has 43 heavy (non-hydrogen) atoms. The van der Waals surface area contributed by atoms with Crippen LogP contribution in [0, 0.1) is 0 Å². The van der Waals surface area contributed by atoms with Gasteiger partial charge in [-0.05, 0) is 0 Å². The van der Waals surface area contributed by atoms with Gasteiger partial charge in [0.2, 0.25) is 0 Å². The van der Waals surface area contributed by atoms with Gasteiger partial charge in [-0.2, -0.15) is 16.8 Å². The number of hydrogen-bond donors (Lipinski definition) is 7. The normalized spacial score (nSPS) is 31.8. The van der Waals surface area contributed by atoms with Crippen LogP contribution in [-0.4, -0.2) is 126 Å². The fourth-order valence-corrected chi connectivity index (χ4v) is 5.49. The van der Waals surface area contributed by atoms with Crippen molar-refractivity contribution in [1.82, 2.24) is 0 Å². The first-order chi connectivity index (χ1) is 20.3. The number of carboxylic acid groups (broad SMARTS) is 1. The average molecular weight is 741 g/mol. The molecule has 0 aromatic rings. The van der Waals surface area contributed by atoms with E-state index >= 15 is 0 Å². The predicted octanol–water partition coefficient (Wildman–Crippen LogP) is -1.94. The van der Waals surface area contributed by atoms with E-state index in [9.17, 15) is 40.9 Å². The van der Waals surface area contributed by atoms with Gasteiger partial charge in [0.15, 0.2) is 55.5 Å². The minimum absolute atomic E-state index is 0.00692. The van der Waals surface area contributed by atoms with Gasteiger partial charge < -0.3 is 24.4 Å². The van der Waals surface area contributed by atoms with Crippen molar-refractivity contribution >= 4 is 63.7 Å². The zero-order valence-electron chi connectivity index (χ0n) is 20.0. The van der Waals surface area contributed by atoms with Gasteiger partial charge in [-0.1, -0.05) is 15.1 Å². The molecule has 0 radical (unpaired) electrons. The maximum Gasteiger partial charge on any atom is 0.397 e. The highest BCUT2D eigenvalue weighted by Gasteiger charge is 2.57. The van der Waals surface area contributed by atoms with Crippen LogP contribution in [0.5, 0.6) is 0 Å². The quantitative estimate of drug-likeness (QED) is 0.0221. The van der Waals surface area contributed by atoms with Crippen molar-refractivity contribution in [2.24, 2.45) is 0 Å². The summed E-state index contributed by atoms with van der Waals surface area (Å²) < 4.78 is 117. The smallest absolute Gasteiger partial charge is 0.397 e. The molecule has 254 valence electrons. The number of aliphatic hydroxyl groups excluding tert-OH is 1. The van der Waals surface area contributed by atoms with Crippen molar-refractivity contribution in [2.45, 2.75) is 55.1 Å². The molecule has 2 rings (SSSR count). The monoisotopic (exact) mass is 740 g/mol. The molecule has 2 saturated heterocycles. The molecule has 0 aromatic heterocycles. The summed E-state index contributed by atoms with van der Waals surface area (Å²) in [6.45, 7) is -1.72. The summed E-state index contributed by atoms with van der Waals surface area (Å²) in [6.07, 6.45) is -18.4. The molecular weight excluding hydrogens is 720 g/mol. The molecule has 0 amide bonds. The van der Waals surface area contributed by atoms with Crippen LogP contribution < -0.4 is 0 Å². The third kappa shape index (κ3) is 12.7. The van der Waals surface area contributed by atoms with Crippen LogP contribution in [0.4, 0.5) is 0 Å². The van der Waals surface area contributed by atoms with E-state index in [1.165, 1.54) is 0 Å². The van der Waals surface area contributed by atoms with E-state index < -0.39 is 95.1 Å². The SMILES string of the molecule is O=C(O)C1OC(OC2C(COSOOO)OC(CO)C2OS(=O)(=O)O)C(OS(=O)(=O)O)C(OSOOO)C1OSOOO. The van der Waals surface area contributed by atoms with Crippen molar-refractivity contribution in [3.8, 4) is 0 Å². The predicted molar refractivity (Wildman–Crippen MR) is 123 cm³/mol. The molecule has 26 nitrogen and oxygen atoms in total. The van der Waals surface area contributed by atoms with Crippen LogP contribution in [0.15, 0.2) is 0 Å². The summed E-state index contributed by atoms with van der Waals surface area (Å²) in [5, 5.41) is 54.2. The number of ether oxygens (including phenoxy) is 3. The van der Waals surface area contributed by atoms with Crippen LogP contribution in [0.2, 0.25) is 0 Å². The van der Waals surface area contributed by atoms with Gasteiger partial charge >= 0.3 is 26.8 Å². The van der Waals surface area contributed by atoms with E-state index in [1.54, 1.807) is 0 Å². The van der Waals surface area contributed by atoms with Crippen LogP contribution in [0.3, 0.4) is 0 Å². The van der Waals surface area contributed by atoms with E-state index in [0.29, 0.717) is 0 Å². The third-order valence-corrected chi connectivity index (χ3v) is 6.95. The highest BCUT2D eigenvalue weighted by atomic mass is 32.3. The standard InChI is InChI=1S/C12H20O26S5/c13-1-3-6(31-42(19,20)21)5(4(26-3)2-25-39-36-33-16)27-12-10(32-43(22,23)24)8(30-41-38-35-18)7(29-40-37-34-17)9(28-12)11(14)15/h3-10,12-13,16-18H,1-2H2,(H,14,15)(H,19,20,21)(H,22,23,24). The summed E-state index contributed by atoms with van der Waals surface area (Å²) in [4.78, 5) is 12.0. The summed E-state index contributed by atoms with van der Waals surface area (Å²) in [5.74, 6) is -1.88. The minimum Gasteiger partial charge on any atom is -0.479 e. The summed E-state index contributed by atoms with van der Waals surface area (Å²) in [7, 11) is -10.9. The second-order valence-corrected chi connectivity index (χ2v) is 10.8. The van der Waals surface area contributed by atoms with Gasteiger partial charge in [0.05, 0.1) is 13.2 Å². The van der Waals surface area contributed by atoms with Gasteiger partial charge in [0, 0.05) is 0 Å². The lowest BCUT2D eigenvalue weighted by Crippen LogP contribution is -2.63. The van der Waals surface area contributed by atoms with Crippen LogP contribution in [-0.2, 0) is 88.8 Å². The molecule has 7 N–H and O–H groups in total. The molecule has 0 aromatic carbocycles.